The molecule has 1 heterocycles. The highest BCUT2D eigenvalue weighted by atomic mass is 16.7. The van der Waals surface area contributed by atoms with Crippen LogP contribution in [0.15, 0.2) is 36.4 Å². The number of hydrogen-bond donors (Lipinski definition) is 8. The highest BCUT2D eigenvalue weighted by molar-refractivity contribution is 6.09. The number of hydrogen-bond acceptors (Lipinski definition) is 11. The van der Waals surface area contributed by atoms with Gasteiger partial charge in [0.05, 0.1) is 12.2 Å². The molecule has 5 unspecified atom stereocenters. The summed E-state index contributed by atoms with van der Waals surface area (Å²) in [5.74, 6) is -2.98. The van der Waals surface area contributed by atoms with Gasteiger partial charge >= 0.3 is 0 Å². The Morgan fingerprint density at radius 3 is 2.28 bits per heavy atom. The van der Waals surface area contributed by atoms with E-state index in [9.17, 15) is 45.6 Å². The maximum Gasteiger partial charge on any atom is 0.229 e. The van der Waals surface area contributed by atoms with Crippen molar-refractivity contribution >= 4 is 11.9 Å². The first-order valence-corrected chi connectivity index (χ1v) is 9.40. The second-order valence-corrected chi connectivity index (χ2v) is 7.10. The van der Waals surface area contributed by atoms with Crippen LogP contribution in [0.4, 0.5) is 0 Å². The number of ether oxygens (including phenoxy) is 2. The Balaban J connectivity index is 1.78. The lowest BCUT2D eigenvalue weighted by molar-refractivity contribution is -0.277. The fourth-order valence-electron chi connectivity index (χ4n) is 3.05. The maximum atomic E-state index is 12.4. The van der Waals surface area contributed by atoms with Gasteiger partial charge in [-0.3, -0.25) is 4.79 Å². The van der Waals surface area contributed by atoms with Gasteiger partial charge in [0.15, 0.2) is 28.8 Å². The Kier molecular flexibility index (Phi) is 6.87. The van der Waals surface area contributed by atoms with Gasteiger partial charge in [-0.25, -0.2) is 0 Å². The number of benzene rings is 2. The van der Waals surface area contributed by atoms with Crippen LogP contribution in [0.5, 0.6) is 28.7 Å². The quantitative estimate of drug-likeness (QED) is 0.123. The molecule has 1 saturated heterocycles. The molecule has 1 aliphatic heterocycles. The van der Waals surface area contributed by atoms with Crippen molar-refractivity contribution < 1.29 is 55.1 Å². The lowest BCUT2D eigenvalue weighted by Gasteiger charge is -2.39. The van der Waals surface area contributed by atoms with E-state index in [2.05, 4.69) is 0 Å². The van der Waals surface area contributed by atoms with E-state index in [0.29, 0.717) is 5.56 Å². The number of allylic oxidation sites excluding steroid dienone is 1. The Labute approximate surface area is 181 Å². The predicted octanol–water partition coefficient (Wildman–Crippen LogP) is -0.416. The fourth-order valence-corrected chi connectivity index (χ4v) is 3.05. The molecule has 0 radical (unpaired) electrons. The minimum absolute atomic E-state index is 0.289. The van der Waals surface area contributed by atoms with E-state index in [4.69, 9.17) is 9.47 Å². The van der Waals surface area contributed by atoms with E-state index in [-0.39, 0.29) is 17.1 Å². The number of rotatable bonds is 6. The Bertz CT molecular complexity index is 1020. The SMILES string of the molecule is O=C(C=Cc1ccc(O)c(O)c1)c1cc(O)c(OC2OC(CO)C(O)C(O)C2O)cc1O. The highest BCUT2D eigenvalue weighted by Gasteiger charge is 2.45. The maximum absolute atomic E-state index is 12.4. The smallest absolute Gasteiger partial charge is 0.229 e. The van der Waals surface area contributed by atoms with Crippen LogP contribution in [0.3, 0.4) is 0 Å². The van der Waals surface area contributed by atoms with Gasteiger partial charge in [-0.05, 0) is 29.8 Å². The Morgan fingerprint density at radius 1 is 0.906 bits per heavy atom. The summed E-state index contributed by atoms with van der Waals surface area (Å²) in [6.07, 6.45) is -5.49. The van der Waals surface area contributed by atoms with Crippen molar-refractivity contribution in [2.45, 2.75) is 30.7 Å². The molecule has 2 aromatic rings. The number of aromatic hydroxyl groups is 4. The number of carbonyl (C=O) groups is 1. The monoisotopic (exact) mass is 450 g/mol. The van der Waals surface area contributed by atoms with Gasteiger partial charge in [0, 0.05) is 6.07 Å². The van der Waals surface area contributed by atoms with Crippen molar-refractivity contribution in [3.63, 3.8) is 0 Å². The van der Waals surface area contributed by atoms with Crippen molar-refractivity contribution in [1.29, 1.82) is 0 Å². The van der Waals surface area contributed by atoms with Crippen LogP contribution < -0.4 is 4.74 Å². The van der Waals surface area contributed by atoms with Gasteiger partial charge in [-0.2, -0.15) is 0 Å². The van der Waals surface area contributed by atoms with Crippen molar-refractivity contribution in [3.05, 3.63) is 47.5 Å². The summed E-state index contributed by atoms with van der Waals surface area (Å²) >= 11 is 0. The molecule has 1 fully saturated rings. The molecular weight excluding hydrogens is 428 g/mol. The van der Waals surface area contributed by atoms with E-state index in [0.717, 1.165) is 18.2 Å². The van der Waals surface area contributed by atoms with Crippen LogP contribution in [0.2, 0.25) is 0 Å². The second-order valence-electron chi connectivity index (χ2n) is 7.10. The molecule has 0 aromatic heterocycles. The van der Waals surface area contributed by atoms with Crippen molar-refractivity contribution in [1.82, 2.24) is 0 Å². The molecule has 3 rings (SSSR count). The van der Waals surface area contributed by atoms with Crippen molar-refractivity contribution in [2.75, 3.05) is 6.61 Å². The molecule has 0 bridgehead atoms. The molecule has 11 nitrogen and oxygen atoms in total. The lowest BCUT2D eigenvalue weighted by Crippen LogP contribution is -2.60. The molecule has 11 heteroatoms. The number of ketones is 1. The molecule has 32 heavy (non-hydrogen) atoms. The molecular formula is C21H22O11. The summed E-state index contributed by atoms with van der Waals surface area (Å²) in [5, 5.41) is 78.0. The summed E-state index contributed by atoms with van der Waals surface area (Å²) in [5.41, 5.74) is 0.0998. The average molecular weight is 450 g/mol. The van der Waals surface area contributed by atoms with Crippen LogP contribution in [-0.2, 0) is 4.74 Å². The van der Waals surface area contributed by atoms with Gasteiger partial charge in [0.25, 0.3) is 0 Å². The van der Waals surface area contributed by atoms with Crippen LogP contribution in [0.1, 0.15) is 15.9 Å². The first-order chi connectivity index (χ1) is 15.1. The predicted molar refractivity (Wildman–Crippen MR) is 107 cm³/mol. The first kappa shape index (κ1) is 23.3. The zero-order valence-electron chi connectivity index (χ0n) is 16.4. The number of phenols is 4. The number of aliphatic hydroxyl groups is 4. The van der Waals surface area contributed by atoms with Crippen LogP contribution in [0.25, 0.3) is 6.08 Å². The van der Waals surface area contributed by atoms with Crippen LogP contribution in [-0.4, -0.2) is 83.9 Å². The Morgan fingerprint density at radius 2 is 1.62 bits per heavy atom. The molecule has 0 aliphatic carbocycles. The van der Waals surface area contributed by atoms with E-state index < -0.39 is 60.3 Å². The van der Waals surface area contributed by atoms with Gasteiger partial charge in [-0.1, -0.05) is 12.1 Å². The summed E-state index contributed by atoms with van der Waals surface area (Å²) in [4.78, 5) is 12.4. The summed E-state index contributed by atoms with van der Waals surface area (Å²) in [7, 11) is 0. The van der Waals surface area contributed by atoms with Gasteiger partial charge in [0.2, 0.25) is 6.29 Å². The minimum Gasteiger partial charge on any atom is -0.507 e. The molecule has 172 valence electrons. The lowest BCUT2D eigenvalue weighted by atomic mass is 9.99. The minimum atomic E-state index is -1.74. The van der Waals surface area contributed by atoms with E-state index in [1.165, 1.54) is 24.3 Å². The van der Waals surface area contributed by atoms with Crippen molar-refractivity contribution in [3.8, 4) is 28.7 Å². The Hall–Kier alpha value is -3.35. The van der Waals surface area contributed by atoms with Crippen molar-refractivity contribution in [2.24, 2.45) is 0 Å². The third-order valence-corrected chi connectivity index (χ3v) is 4.86. The number of aliphatic hydroxyl groups excluding tert-OH is 4. The summed E-state index contributed by atoms with van der Waals surface area (Å²) < 4.78 is 10.4. The zero-order chi connectivity index (χ0) is 23.6. The van der Waals surface area contributed by atoms with Crippen LogP contribution in [0, 0.1) is 0 Å². The first-order valence-electron chi connectivity index (χ1n) is 9.40. The third-order valence-electron chi connectivity index (χ3n) is 4.86. The molecule has 0 amide bonds. The molecule has 1 aliphatic rings. The second kappa shape index (κ2) is 9.42. The molecule has 2 aromatic carbocycles. The molecule has 0 saturated carbocycles. The van der Waals surface area contributed by atoms with E-state index >= 15 is 0 Å². The average Bonchev–Trinajstić information content (AvgIpc) is 2.76. The van der Waals surface area contributed by atoms with Gasteiger partial charge < -0.3 is 50.3 Å². The summed E-state index contributed by atoms with van der Waals surface area (Å²) in [6.45, 7) is -0.680. The number of phenolic OH excluding ortho intramolecular Hbond substituents is 4. The van der Waals surface area contributed by atoms with Gasteiger partial charge in [0.1, 0.15) is 30.2 Å². The zero-order valence-corrected chi connectivity index (χ0v) is 16.4. The topological polar surface area (TPSA) is 197 Å². The number of carbonyl (C=O) groups excluding carboxylic acids is 1. The third kappa shape index (κ3) is 4.77. The molecule has 8 N–H and O–H groups in total. The van der Waals surface area contributed by atoms with Crippen LogP contribution >= 0.6 is 0 Å². The highest BCUT2D eigenvalue weighted by Crippen LogP contribution is 2.36. The molecule has 0 spiro atoms. The standard InChI is InChI=1S/C21H22O11/c22-8-17-18(28)19(29)20(30)21(32-17)31-16-7-13(25)10(6-15(16)27)11(23)3-1-9-2-4-12(24)14(26)5-9/h1-7,17-22,24-30H,8H2. The normalized spacial score (nSPS) is 25.7. The van der Waals surface area contributed by atoms with E-state index in [1.807, 2.05) is 0 Å². The summed E-state index contributed by atoms with van der Waals surface area (Å²) in [6, 6.07) is 5.69. The molecule has 5 atom stereocenters. The van der Waals surface area contributed by atoms with E-state index in [1.54, 1.807) is 0 Å². The fraction of sp³-hybridized carbons (Fsp3) is 0.286. The largest absolute Gasteiger partial charge is 0.507 e. The van der Waals surface area contributed by atoms with Gasteiger partial charge in [-0.15, -0.1) is 0 Å².